The second kappa shape index (κ2) is 12.7. The normalized spacial score (nSPS) is 9.11. The van der Waals surface area contributed by atoms with Gasteiger partial charge in [-0.2, -0.15) is 0 Å². The molecule has 0 aromatic rings. The molecule has 3 N–H and O–H groups in total. The molecule has 6 heteroatoms. The van der Waals surface area contributed by atoms with Crippen LogP contribution >= 0.6 is 37.2 Å². The fourth-order valence-corrected chi connectivity index (χ4v) is 0.0577. The summed E-state index contributed by atoms with van der Waals surface area (Å²) in [5, 5.41) is 24.0. The molecule has 0 aliphatic heterocycles. The second-order valence-corrected chi connectivity index (χ2v) is 17.3. The average Bonchev–Trinajstić information content (AvgIpc) is 1.88. The van der Waals surface area contributed by atoms with E-state index in [1.54, 1.807) is 0 Å². The Bertz CT molecular complexity index is 41.3. The molecule has 0 rings (SSSR count). The fraction of sp³-hybridized carbons (Fsp3) is 1.00. The van der Waals surface area contributed by atoms with E-state index in [1.807, 2.05) is 0 Å². The molecule has 0 unspecified atom stereocenters. The minimum Gasteiger partial charge on any atom is -0.394 e. The van der Waals surface area contributed by atoms with Crippen LogP contribution < -0.4 is 13.3 Å². The van der Waals surface area contributed by atoms with Gasteiger partial charge in [-0.1, -0.05) is 0 Å². The van der Waals surface area contributed by atoms with Crippen molar-refractivity contribution in [3.05, 3.63) is 0 Å². The molecule has 0 aliphatic carbocycles. The maximum atomic E-state index is 8.17. The van der Waals surface area contributed by atoms with Crippen LogP contribution in [0, 0.1) is 0 Å². The smallest absolute Gasteiger partial charge is 0.100 e. The average molecular weight is 473 g/mol. The third-order valence-electron chi connectivity index (χ3n) is 0.421. The van der Waals surface area contributed by atoms with Gasteiger partial charge in [0.2, 0.25) is 0 Å². The SMILES string of the molecule is I[I-]I.OCC(O)CO. The molecule has 0 spiro atoms. The van der Waals surface area contributed by atoms with Gasteiger partial charge < -0.3 is 15.3 Å². The van der Waals surface area contributed by atoms with Crippen molar-refractivity contribution in [1.29, 1.82) is 0 Å². The van der Waals surface area contributed by atoms with Crippen molar-refractivity contribution in [2.24, 2.45) is 0 Å². The fourth-order valence-electron chi connectivity index (χ4n) is 0.0577. The maximum absolute atomic E-state index is 8.17. The van der Waals surface area contributed by atoms with Gasteiger partial charge in [0, 0.05) is 0 Å². The van der Waals surface area contributed by atoms with Crippen molar-refractivity contribution in [2.45, 2.75) is 6.10 Å². The van der Waals surface area contributed by atoms with E-state index in [2.05, 4.69) is 37.2 Å². The van der Waals surface area contributed by atoms with Gasteiger partial charge in [-0.25, -0.2) is 0 Å². The van der Waals surface area contributed by atoms with Crippen molar-refractivity contribution in [1.82, 2.24) is 0 Å². The first kappa shape index (κ1) is 13.6. The van der Waals surface area contributed by atoms with E-state index in [0.29, 0.717) is 13.3 Å². The van der Waals surface area contributed by atoms with Crippen LogP contribution in [0.25, 0.3) is 0 Å². The number of hydrogen-bond donors (Lipinski definition) is 3. The number of aliphatic hydroxyl groups is 3. The Morgan fingerprint density at radius 3 is 1.44 bits per heavy atom. The van der Waals surface area contributed by atoms with Gasteiger partial charge in [0.25, 0.3) is 0 Å². The molecular weight excluding hydrogens is 465 g/mol. The van der Waals surface area contributed by atoms with Crippen LogP contribution in [0.2, 0.25) is 0 Å². The summed E-state index contributed by atoms with van der Waals surface area (Å²) in [5.41, 5.74) is 0. The molecule has 0 fully saturated rings. The van der Waals surface area contributed by atoms with Gasteiger partial charge in [-0.3, -0.25) is 0 Å². The first-order valence-corrected chi connectivity index (χ1v) is 14.6. The van der Waals surface area contributed by atoms with E-state index in [4.69, 9.17) is 15.3 Å². The minimum atomic E-state index is -0.954. The van der Waals surface area contributed by atoms with E-state index in [-0.39, 0.29) is 13.2 Å². The van der Waals surface area contributed by atoms with Crippen LogP contribution in [-0.2, 0) is 0 Å². The van der Waals surface area contributed by atoms with E-state index >= 15 is 0 Å². The molecule has 0 aromatic carbocycles. The van der Waals surface area contributed by atoms with Crippen molar-refractivity contribution in [3.8, 4) is 0 Å². The van der Waals surface area contributed by atoms with Crippen LogP contribution in [0.3, 0.4) is 0 Å². The van der Waals surface area contributed by atoms with Crippen molar-refractivity contribution >= 4 is 37.2 Å². The van der Waals surface area contributed by atoms with Gasteiger partial charge >= 0.3 is 50.5 Å². The summed E-state index contributed by atoms with van der Waals surface area (Å²) in [6.45, 7) is -0.729. The maximum Gasteiger partial charge on any atom is 0.100 e. The quantitative estimate of drug-likeness (QED) is 0.378. The first-order chi connectivity index (χ1) is 4.22. The van der Waals surface area contributed by atoms with Crippen molar-refractivity contribution in [3.63, 3.8) is 0 Å². The van der Waals surface area contributed by atoms with Gasteiger partial charge in [-0.05, 0) is 0 Å². The number of aliphatic hydroxyl groups excluding tert-OH is 3. The predicted molar refractivity (Wildman–Crippen MR) is 48.2 cm³/mol. The Morgan fingerprint density at radius 1 is 1.22 bits per heavy atom. The molecule has 0 bridgehead atoms. The molecule has 0 saturated carbocycles. The third-order valence-corrected chi connectivity index (χ3v) is 0.421. The summed E-state index contributed by atoms with van der Waals surface area (Å²) in [5.74, 6) is 0. The van der Waals surface area contributed by atoms with E-state index < -0.39 is 6.10 Å². The molecule has 0 aliphatic rings. The second-order valence-electron chi connectivity index (χ2n) is 1.07. The monoisotopic (exact) mass is 473 g/mol. The minimum absolute atomic E-state index is 0.365. The van der Waals surface area contributed by atoms with Gasteiger partial charge in [-0.15, -0.1) is 0 Å². The van der Waals surface area contributed by atoms with Gasteiger partial charge in [0.15, 0.2) is 0 Å². The Kier molecular flexibility index (Phi) is 19.3. The van der Waals surface area contributed by atoms with Crippen molar-refractivity contribution < 1.29 is 28.6 Å². The molecule has 0 heterocycles. The van der Waals surface area contributed by atoms with Crippen LogP contribution in [0.15, 0.2) is 0 Å². The molecule has 0 radical (unpaired) electrons. The standard InChI is InChI=1S/C3H8O3.I3/c4-1-3(6)2-5;1-3-2/h3-6H,1-2H2;/q;-1. The summed E-state index contributed by atoms with van der Waals surface area (Å²) in [6.07, 6.45) is -0.954. The predicted octanol–water partition coefficient (Wildman–Crippen LogP) is -2.89. The molecular formula is C3H8I3O3-. The molecule has 0 amide bonds. The van der Waals surface area contributed by atoms with Crippen LogP contribution in [0.5, 0.6) is 0 Å². The van der Waals surface area contributed by atoms with Crippen molar-refractivity contribution in [2.75, 3.05) is 13.2 Å². The Hall–Kier alpha value is 2.07. The van der Waals surface area contributed by atoms with Crippen LogP contribution in [0.4, 0.5) is 0 Å². The molecule has 9 heavy (non-hydrogen) atoms. The summed E-state index contributed by atoms with van der Waals surface area (Å²) < 4.78 is 0. The third kappa shape index (κ3) is 17.8. The summed E-state index contributed by atoms with van der Waals surface area (Å²) in [7, 11) is 0. The molecule has 3 nitrogen and oxygen atoms in total. The van der Waals surface area contributed by atoms with Crippen LogP contribution in [-0.4, -0.2) is 34.6 Å². The summed E-state index contributed by atoms with van der Waals surface area (Å²) in [6, 6.07) is 0. The molecule has 0 atom stereocenters. The molecule has 0 aromatic heterocycles. The van der Waals surface area contributed by atoms with E-state index in [0.717, 1.165) is 0 Å². The van der Waals surface area contributed by atoms with E-state index in [1.165, 1.54) is 0 Å². The van der Waals surface area contributed by atoms with Gasteiger partial charge in [0.1, 0.15) is 6.10 Å². The number of rotatable bonds is 2. The summed E-state index contributed by atoms with van der Waals surface area (Å²) in [4.78, 5) is 0. The van der Waals surface area contributed by atoms with E-state index in [9.17, 15) is 0 Å². The topological polar surface area (TPSA) is 60.7 Å². The Labute approximate surface area is 83.8 Å². The van der Waals surface area contributed by atoms with Gasteiger partial charge in [0.05, 0.1) is 13.2 Å². The largest absolute Gasteiger partial charge is 0.394 e. The van der Waals surface area contributed by atoms with Crippen LogP contribution in [0.1, 0.15) is 0 Å². The molecule has 60 valence electrons. The Balaban J connectivity index is 0. The number of halogens is 3. The Morgan fingerprint density at radius 2 is 1.44 bits per heavy atom. The first-order valence-electron chi connectivity index (χ1n) is 1.99. The molecule has 0 saturated heterocycles. The zero-order valence-corrected chi connectivity index (χ0v) is 10.9. The zero-order chi connectivity index (χ0) is 7.70. The number of hydrogen-bond acceptors (Lipinski definition) is 3. The zero-order valence-electron chi connectivity index (χ0n) is 4.47. The summed E-state index contributed by atoms with van der Waals surface area (Å²) >= 11 is 5.30.